The van der Waals surface area contributed by atoms with E-state index in [1.54, 1.807) is 0 Å². The van der Waals surface area contributed by atoms with E-state index in [1.165, 1.54) is 50.3 Å². The maximum Gasteiger partial charge on any atom is 0.0757 e. The summed E-state index contributed by atoms with van der Waals surface area (Å²) in [5, 5.41) is 0. The Morgan fingerprint density at radius 3 is 1.00 bits per heavy atom. The second kappa shape index (κ2) is 11.4. The molecular weight excluding hydrogens is 238 g/mol. The minimum absolute atomic E-state index is 1.28. The van der Waals surface area contributed by atoms with Crippen LogP contribution in [0.15, 0.2) is 0 Å². The van der Waals surface area contributed by atoms with Crippen LogP contribution in [0.25, 0.3) is 0 Å². The SMILES string of the molecule is CC[N+](CC)(CC)CC.SSSS. The molecule has 0 rings (SSSR count). The Balaban J connectivity index is 0. The van der Waals surface area contributed by atoms with Gasteiger partial charge >= 0.3 is 0 Å². The van der Waals surface area contributed by atoms with Crippen molar-refractivity contribution >= 4 is 43.0 Å². The molecule has 0 aromatic carbocycles. The first-order valence-electron chi connectivity index (χ1n) is 4.63. The lowest BCUT2D eigenvalue weighted by atomic mass is 10.3. The topological polar surface area (TPSA) is 0 Å². The van der Waals surface area contributed by atoms with Crippen LogP contribution in [-0.2, 0) is 0 Å². The van der Waals surface area contributed by atoms with Crippen LogP contribution >= 0.6 is 43.0 Å². The third kappa shape index (κ3) is 8.36. The average molecular weight is 261 g/mol. The molecule has 0 spiro atoms. The van der Waals surface area contributed by atoms with Crippen molar-refractivity contribution in [2.45, 2.75) is 27.7 Å². The standard InChI is InChI=1S/C8H20N.H2S4/c1-5-9(6-2,7-3)8-4;1-3-4-2/h5-8H2,1-4H3;1-2H/q+1;. The Morgan fingerprint density at radius 2 is 1.00 bits per heavy atom. The number of nitrogens with zero attached hydrogens (tertiary/aromatic N) is 1. The molecule has 5 heteroatoms. The van der Waals surface area contributed by atoms with Crippen LogP contribution in [-0.4, -0.2) is 30.7 Å². The maximum atomic E-state index is 3.72. The van der Waals surface area contributed by atoms with E-state index in [0.29, 0.717) is 0 Å². The minimum Gasteiger partial charge on any atom is -0.325 e. The Kier molecular flexibility index (Phi) is 14.8. The van der Waals surface area contributed by atoms with Crippen molar-refractivity contribution in [3.05, 3.63) is 0 Å². The first-order chi connectivity index (χ1) is 6.16. The van der Waals surface area contributed by atoms with Crippen LogP contribution in [0, 0.1) is 0 Å². The highest BCUT2D eigenvalue weighted by atomic mass is 33.7. The largest absolute Gasteiger partial charge is 0.325 e. The van der Waals surface area contributed by atoms with E-state index in [2.05, 4.69) is 51.0 Å². The lowest BCUT2D eigenvalue weighted by molar-refractivity contribution is -0.921. The molecule has 0 aliphatic rings. The fraction of sp³-hybridized carbons (Fsp3) is 1.00. The van der Waals surface area contributed by atoms with E-state index in [4.69, 9.17) is 0 Å². The molecule has 0 aromatic rings. The lowest BCUT2D eigenvalue weighted by Gasteiger charge is -2.34. The van der Waals surface area contributed by atoms with Gasteiger partial charge in [-0.2, -0.15) is 0 Å². The normalized spacial score (nSPS) is 10.6. The molecule has 0 amide bonds. The molecule has 13 heavy (non-hydrogen) atoms. The minimum atomic E-state index is 1.28. The van der Waals surface area contributed by atoms with E-state index >= 15 is 0 Å². The predicted molar refractivity (Wildman–Crippen MR) is 75.6 cm³/mol. The Labute approximate surface area is 101 Å². The van der Waals surface area contributed by atoms with Gasteiger partial charge in [-0.1, -0.05) is 23.3 Å². The average Bonchev–Trinajstić information content (AvgIpc) is 2.23. The summed E-state index contributed by atoms with van der Waals surface area (Å²) in [6.07, 6.45) is 0. The number of rotatable bonds is 5. The van der Waals surface area contributed by atoms with Gasteiger partial charge in [0.05, 0.1) is 26.2 Å². The van der Waals surface area contributed by atoms with Crippen molar-refractivity contribution in [3.63, 3.8) is 0 Å². The van der Waals surface area contributed by atoms with E-state index in [0.717, 1.165) is 0 Å². The van der Waals surface area contributed by atoms with Crippen LogP contribution in [0.2, 0.25) is 0 Å². The first kappa shape index (κ1) is 16.8. The molecule has 0 aliphatic carbocycles. The fourth-order valence-electron chi connectivity index (χ4n) is 1.34. The summed E-state index contributed by atoms with van der Waals surface area (Å²) >= 11 is 7.45. The molecule has 1 nitrogen and oxygen atoms in total. The van der Waals surface area contributed by atoms with Gasteiger partial charge in [0, 0.05) is 0 Å². The molecule has 0 saturated heterocycles. The summed E-state index contributed by atoms with van der Waals surface area (Å²) in [4.78, 5) is 0. The monoisotopic (exact) mass is 260 g/mol. The second-order valence-electron chi connectivity index (χ2n) is 2.76. The van der Waals surface area contributed by atoms with Gasteiger partial charge in [-0.3, -0.25) is 0 Å². The Hall–Kier alpha value is 1.36. The van der Waals surface area contributed by atoms with Gasteiger partial charge in [0.15, 0.2) is 0 Å². The highest BCUT2D eigenvalue weighted by Gasteiger charge is 2.16. The lowest BCUT2D eigenvalue weighted by Crippen LogP contribution is -2.47. The third-order valence-electron chi connectivity index (χ3n) is 2.72. The van der Waals surface area contributed by atoms with Gasteiger partial charge in [0.25, 0.3) is 0 Å². The van der Waals surface area contributed by atoms with E-state index in [-0.39, 0.29) is 0 Å². The van der Waals surface area contributed by atoms with Gasteiger partial charge in [0.1, 0.15) is 0 Å². The van der Waals surface area contributed by atoms with E-state index in [1.807, 2.05) is 0 Å². The fourth-order valence-corrected chi connectivity index (χ4v) is 1.34. The van der Waals surface area contributed by atoms with E-state index < -0.39 is 0 Å². The molecule has 0 aromatic heterocycles. The number of quaternary nitrogens is 1. The van der Waals surface area contributed by atoms with E-state index in [9.17, 15) is 0 Å². The quantitative estimate of drug-likeness (QED) is 0.436. The summed E-state index contributed by atoms with van der Waals surface area (Å²) < 4.78 is 1.28. The number of thiol groups is 2. The van der Waals surface area contributed by atoms with Gasteiger partial charge in [-0.05, 0) is 47.3 Å². The highest BCUT2D eigenvalue weighted by Crippen LogP contribution is 2.27. The predicted octanol–water partition coefficient (Wildman–Crippen LogP) is 3.94. The molecule has 0 aliphatic heterocycles. The second-order valence-corrected chi connectivity index (χ2v) is 6.63. The van der Waals surface area contributed by atoms with Crippen molar-refractivity contribution < 1.29 is 4.48 Å². The first-order valence-corrected chi connectivity index (χ1v) is 8.88. The van der Waals surface area contributed by atoms with Crippen LogP contribution in [0.3, 0.4) is 0 Å². The van der Waals surface area contributed by atoms with Gasteiger partial charge in [-0.15, -0.1) is 0 Å². The smallest absolute Gasteiger partial charge is 0.0757 e. The maximum absolute atomic E-state index is 3.72. The van der Waals surface area contributed by atoms with Crippen molar-refractivity contribution in [2.75, 3.05) is 26.2 Å². The zero-order valence-corrected chi connectivity index (χ0v) is 12.4. The zero-order valence-electron chi connectivity index (χ0n) is 8.99. The molecule has 0 heterocycles. The molecule has 0 saturated carbocycles. The summed E-state index contributed by atoms with van der Waals surface area (Å²) in [6.45, 7) is 14.2. The van der Waals surface area contributed by atoms with Crippen LogP contribution in [0.4, 0.5) is 0 Å². The van der Waals surface area contributed by atoms with Crippen molar-refractivity contribution in [1.29, 1.82) is 0 Å². The summed E-state index contributed by atoms with van der Waals surface area (Å²) in [7, 11) is 2.66. The molecule has 0 N–H and O–H groups in total. The Bertz CT molecular complexity index is 76.6. The molecule has 0 radical (unpaired) electrons. The Morgan fingerprint density at radius 1 is 0.769 bits per heavy atom. The van der Waals surface area contributed by atoms with Crippen molar-refractivity contribution in [1.82, 2.24) is 0 Å². The zero-order chi connectivity index (χ0) is 10.7. The molecule has 0 unspecified atom stereocenters. The summed E-state index contributed by atoms with van der Waals surface area (Å²) in [6, 6.07) is 0. The third-order valence-corrected chi connectivity index (χ3v) is 5.38. The molecule has 0 bridgehead atoms. The number of hydrogen-bond acceptors (Lipinski definition) is 4. The van der Waals surface area contributed by atoms with Gasteiger partial charge in [-0.25, -0.2) is 0 Å². The summed E-state index contributed by atoms with van der Waals surface area (Å²) in [5.41, 5.74) is 0. The van der Waals surface area contributed by atoms with Crippen LogP contribution in [0.1, 0.15) is 27.7 Å². The van der Waals surface area contributed by atoms with Crippen molar-refractivity contribution in [3.8, 4) is 0 Å². The van der Waals surface area contributed by atoms with Gasteiger partial charge < -0.3 is 4.48 Å². The number of hydrogen-bond donors (Lipinski definition) is 2. The molecule has 0 atom stereocenters. The molecule has 82 valence electrons. The summed E-state index contributed by atoms with van der Waals surface area (Å²) in [5.74, 6) is 0. The van der Waals surface area contributed by atoms with Crippen molar-refractivity contribution in [2.24, 2.45) is 0 Å². The van der Waals surface area contributed by atoms with Crippen LogP contribution < -0.4 is 0 Å². The molecule has 0 fully saturated rings. The molecular formula is C8H22NS4+. The highest BCUT2D eigenvalue weighted by molar-refractivity contribution is 9.21. The van der Waals surface area contributed by atoms with Gasteiger partial charge in [0.2, 0.25) is 0 Å². The van der Waals surface area contributed by atoms with Crippen LogP contribution in [0.5, 0.6) is 0 Å².